The third-order valence-corrected chi connectivity index (χ3v) is 5.06. The normalized spacial score (nSPS) is 14.0. The molecule has 9 heteroatoms. The zero-order valence-corrected chi connectivity index (χ0v) is 16.5. The molecule has 0 atom stereocenters. The van der Waals surface area contributed by atoms with Gasteiger partial charge in [0.25, 0.3) is 5.91 Å². The van der Waals surface area contributed by atoms with Crippen molar-refractivity contribution >= 4 is 23.1 Å². The van der Waals surface area contributed by atoms with Crippen LogP contribution in [0.5, 0.6) is 0 Å². The molecule has 0 radical (unpaired) electrons. The Bertz CT molecular complexity index is 1250. The van der Waals surface area contributed by atoms with Crippen LogP contribution in [0.15, 0.2) is 61.1 Å². The minimum Gasteiger partial charge on any atom is -0.378 e. The highest BCUT2D eigenvalue weighted by Crippen LogP contribution is 2.22. The summed E-state index contributed by atoms with van der Waals surface area (Å²) in [5.74, 6) is 0.118. The molecule has 0 bridgehead atoms. The fourth-order valence-electron chi connectivity index (χ4n) is 3.52. The molecule has 4 aromatic rings. The summed E-state index contributed by atoms with van der Waals surface area (Å²) in [6, 6.07) is 11.3. The summed E-state index contributed by atoms with van der Waals surface area (Å²) in [6.45, 7) is 2.82. The van der Waals surface area contributed by atoms with Crippen molar-refractivity contribution < 1.29 is 13.9 Å². The van der Waals surface area contributed by atoms with Gasteiger partial charge in [-0.25, -0.2) is 18.9 Å². The molecule has 1 fully saturated rings. The number of carbonyl (C=O) groups excluding carboxylic acids is 1. The summed E-state index contributed by atoms with van der Waals surface area (Å²) in [5.41, 5.74) is 2.53. The van der Waals surface area contributed by atoms with Gasteiger partial charge in [-0.05, 0) is 24.3 Å². The number of ether oxygens (including phenoxy) is 1. The second-order valence-corrected chi connectivity index (χ2v) is 7.11. The third kappa shape index (κ3) is 3.95. The van der Waals surface area contributed by atoms with E-state index in [1.165, 1.54) is 22.8 Å². The van der Waals surface area contributed by atoms with Crippen molar-refractivity contribution in [3.63, 3.8) is 0 Å². The van der Waals surface area contributed by atoms with E-state index in [9.17, 15) is 9.18 Å². The first kappa shape index (κ1) is 19.1. The molecule has 0 aliphatic carbocycles. The number of hydrogen-bond acceptors (Lipinski definition) is 6. The van der Waals surface area contributed by atoms with E-state index in [0.29, 0.717) is 41.4 Å². The molecular weight excluding hydrogens is 399 g/mol. The predicted molar refractivity (Wildman–Crippen MR) is 114 cm³/mol. The van der Waals surface area contributed by atoms with Gasteiger partial charge in [0.15, 0.2) is 5.65 Å². The van der Waals surface area contributed by atoms with Gasteiger partial charge in [0, 0.05) is 42.8 Å². The predicted octanol–water partition coefficient (Wildman–Crippen LogP) is 3.02. The van der Waals surface area contributed by atoms with Gasteiger partial charge in [0.05, 0.1) is 30.7 Å². The Kier molecular flexibility index (Phi) is 5.01. The summed E-state index contributed by atoms with van der Waals surface area (Å²) >= 11 is 0. The number of rotatable bonds is 4. The molecule has 8 nitrogen and oxygen atoms in total. The van der Waals surface area contributed by atoms with Crippen LogP contribution in [-0.2, 0) is 4.74 Å². The van der Waals surface area contributed by atoms with E-state index < -0.39 is 0 Å². The van der Waals surface area contributed by atoms with Gasteiger partial charge < -0.3 is 15.0 Å². The molecule has 3 aromatic heterocycles. The quantitative estimate of drug-likeness (QED) is 0.549. The number of fused-ring (bicyclic) bond motifs is 1. The Morgan fingerprint density at radius 1 is 1.10 bits per heavy atom. The van der Waals surface area contributed by atoms with Crippen molar-refractivity contribution in [1.29, 1.82) is 0 Å². The van der Waals surface area contributed by atoms with E-state index in [-0.39, 0.29) is 11.7 Å². The Balaban J connectivity index is 1.42. The Hall–Kier alpha value is -3.85. The summed E-state index contributed by atoms with van der Waals surface area (Å²) < 4.78 is 20.5. The highest BCUT2D eigenvalue weighted by Gasteiger charge is 2.17. The lowest BCUT2D eigenvalue weighted by molar-refractivity contribution is 0.102. The lowest BCUT2D eigenvalue weighted by Gasteiger charge is -2.28. The second kappa shape index (κ2) is 8.11. The standard InChI is InChI=1S/C22H19FN6O2/c23-16-3-1-2-15(12-16)19-14-29-21(27-19)18(5-7-25-29)22(30)26-17-4-6-24-20(13-17)28-8-10-31-11-9-28/h1-7,12-14H,8-11H2,(H,24,26,30). The van der Waals surface area contributed by atoms with Crippen LogP contribution in [0.2, 0.25) is 0 Å². The number of halogens is 1. The molecule has 1 aliphatic rings. The van der Waals surface area contributed by atoms with Crippen molar-refractivity contribution in [2.45, 2.75) is 0 Å². The first-order chi connectivity index (χ1) is 15.2. The summed E-state index contributed by atoms with van der Waals surface area (Å²) in [4.78, 5) is 24.0. The van der Waals surface area contributed by atoms with Crippen LogP contribution in [0.3, 0.4) is 0 Å². The van der Waals surface area contributed by atoms with Crippen molar-refractivity contribution in [2.24, 2.45) is 0 Å². The number of aromatic nitrogens is 4. The average Bonchev–Trinajstić information content (AvgIpc) is 3.24. The second-order valence-electron chi connectivity index (χ2n) is 7.11. The number of benzene rings is 1. The number of morpholine rings is 1. The summed E-state index contributed by atoms with van der Waals surface area (Å²) in [6.07, 6.45) is 4.87. The number of anilines is 2. The average molecular weight is 418 g/mol. The lowest BCUT2D eigenvalue weighted by atomic mass is 10.2. The van der Waals surface area contributed by atoms with Gasteiger partial charge in [-0.15, -0.1) is 0 Å². The monoisotopic (exact) mass is 418 g/mol. The van der Waals surface area contributed by atoms with Crippen molar-refractivity contribution in [3.05, 3.63) is 72.4 Å². The zero-order chi connectivity index (χ0) is 21.2. The largest absolute Gasteiger partial charge is 0.378 e. The number of amides is 1. The first-order valence-corrected chi connectivity index (χ1v) is 9.88. The van der Waals surface area contributed by atoms with Gasteiger partial charge in [0.2, 0.25) is 0 Å². The smallest absolute Gasteiger partial charge is 0.259 e. The van der Waals surface area contributed by atoms with E-state index in [1.54, 1.807) is 36.7 Å². The van der Waals surface area contributed by atoms with E-state index in [0.717, 1.165) is 18.9 Å². The fraction of sp³-hybridized carbons (Fsp3) is 0.182. The van der Waals surface area contributed by atoms with Crippen molar-refractivity contribution in [1.82, 2.24) is 19.6 Å². The van der Waals surface area contributed by atoms with Gasteiger partial charge in [0.1, 0.15) is 11.6 Å². The highest BCUT2D eigenvalue weighted by atomic mass is 19.1. The molecule has 1 aliphatic heterocycles. The van der Waals surface area contributed by atoms with Gasteiger partial charge in [-0.3, -0.25) is 4.79 Å². The number of imidazole rings is 1. The van der Waals surface area contributed by atoms with Gasteiger partial charge in [-0.2, -0.15) is 5.10 Å². The van der Waals surface area contributed by atoms with E-state index in [1.807, 2.05) is 6.07 Å². The van der Waals surface area contributed by atoms with Crippen LogP contribution in [0, 0.1) is 5.82 Å². The number of pyridine rings is 1. The summed E-state index contributed by atoms with van der Waals surface area (Å²) in [5, 5.41) is 7.14. The lowest BCUT2D eigenvalue weighted by Crippen LogP contribution is -2.36. The molecule has 1 aromatic carbocycles. The van der Waals surface area contributed by atoms with Gasteiger partial charge >= 0.3 is 0 Å². The van der Waals surface area contributed by atoms with Gasteiger partial charge in [-0.1, -0.05) is 12.1 Å². The minimum absolute atomic E-state index is 0.317. The molecule has 1 N–H and O–H groups in total. The zero-order valence-electron chi connectivity index (χ0n) is 16.5. The first-order valence-electron chi connectivity index (χ1n) is 9.88. The molecule has 0 spiro atoms. The number of carbonyl (C=O) groups is 1. The number of nitrogens with zero attached hydrogens (tertiary/aromatic N) is 5. The van der Waals surface area contributed by atoms with Crippen LogP contribution in [0.1, 0.15) is 10.4 Å². The Morgan fingerprint density at radius 2 is 1.97 bits per heavy atom. The maximum atomic E-state index is 13.6. The Labute approximate surface area is 177 Å². The highest BCUT2D eigenvalue weighted by molar-refractivity contribution is 6.08. The third-order valence-electron chi connectivity index (χ3n) is 5.06. The van der Waals surface area contributed by atoms with Crippen LogP contribution < -0.4 is 10.2 Å². The number of nitrogens with one attached hydrogen (secondary N) is 1. The van der Waals surface area contributed by atoms with E-state index >= 15 is 0 Å². The SMILES string of the molecule is O=C(Nc1ccnc(N2CCOCC2)c1)c1ccnn2cc(-c3cccc(F)c3)nc12. The van der Waals surface area contributed by atoms with Crippen LogP contribution in [0.25, 0.3) is 16.9 Å². The molecule has 156 valence electrons. The fourth-order valence-corrected chi connectivity index (χ4v) is 3.52. The number of hydrogen-bond donors (Lipinski definition) is 1. The molecule has 4 heterocycles. The maximum absolute atomic E-state index is 13.6. The van der Waals surface area contributed by atoms with E-state index in [2.05, 4.69) is 25.3 Å². The molecule has 5 rings (SSSR count). The maximum Gasteiger partial charge on any atom is 0.259 e. The topological polar surface area (TPSA) is 84.7 Å². The molecule has 31 heavy (non-hydrogen) atoms. The molecular formula is C22H19FN6O2. The Morgan fingerprint density at radius 3 is 2.81 bits per heavy atom. The van der Waals surface area contributed by atoms with Crippen molar-refractivity contribution in [2.75, 3.05) is 36.5 Å². The van der Waals surface area contributed by atoms with Crippen LogP contribution >= 0.6 is 0 Å². The van der Waals surface area contributed by atoms with Crippen LogP contribution in [0.4, 0.5) is 15.9 Å². The molecule has 0 saturated carbocycles. The van der Waals surface area contributed by atoms with Crippen LogP contribution in [-0.4, -0.2) is 51.8 Å². The van der Waals surface area contributed by atoms with E-state index in [4.69, 9.17) is 4.74 Å². The summed E-state index contributed by atoms with van der Waals surface area (Å²) in [7, 11) is 0. The minimum atomic E-state index is -0.353. The molecule has 0 unspecified atom stereocenters. The molecule has 1 saturated heterocycles. The molecule has 1 amide bonds. The van der Waals surface area contributed by atoms with Crippen molar-refractivity contribution in [3.8, 4) is 11.3 Å².